The molecule has 1 aliphatic heterocycles. The quantitative estimate of drug-likeness (QED) is 0.746. The standard InChI is InChI=1S/C19H25N5O4/c1-12-20-16(11-27-12)19(26)23-8-6-15(10-23)24(13(2)25)9-7-17-21-18(28-22-17)14-4-3-5-14/h11,14-15H,3-10H2,1-2H3. The summed E-state index contributed by atoms with van der Waals surface area (Å²) in [6.45, 7) is 4.85. The maximum absolute atomic E-state index is 12.5. The van der Waals surface area contributed by atoms with Crippen LogP contribution in [0, 0.1) is 6.92 Å². The van der Waals surface area contributed by atoms with Gasteiger partial charge in [0.15, 0.2) is 17.4 Å². The minimum absolute atomic E-state index is 0.0145. The van der Waals surface area contributed by atoms with Crippen LogP contribution < -0.4 is 0 Å². The highest BCUT2D eigenvalue weighted by Gasteiger charge is 2.33. The first kappa shape index (κ1) is 18.6. The number of amides is 2. The number of likely N-dealkylation sites (tertiary alicyclic amines) is 1. The summed E-state index contributed by atoms with van der Waals surface area (Å²) in [5.74, 6) is 2.05. The van der Waals surface area contributed by atoms with E-state index in [1.54, 1.807) is 23.6 Å². The lowest BCUT2D eigenvalue weighted by atomic mass is 9.85. The average molecular weight is 387 g/mol. The number of carbonyl (C=O) groups excluding carboxylic acids is 2. The fraction of sp³-hybridized carbons (Fsp3) is 0.632. The van der Waals surface area contributed by atoms with Gasteiger partial charge >= 0.3 is 0 Å². The maximum atomic E-state index is 12.5. The Bertz CT molecular complexity index is 856. The predicted octanol–water partition coefficient (Wildman–Crippen LogP) is 1.94. The molecule has 150 valence electrons. The Balaban J connectivity index is 1.34. The first-order valence-electron chi connectivity index (χ1n) is 9.82. The molecule has 0 aromatic carbocycles. The molecule has 1 aliphatic carbocycles. The van der Waals surface area contributed by atoms with Crippen molar-refractivity contribution in [3.8, 4) is 0 Å². The molecule has 1 saturated heterocycles. The molecule has 9 heteroatoms. The molecule has 2 fully saturated rings. The number of oxazole rings is 1. The molecular weight excluding hydrogens is 362 g/mol. The van der Waals surface area contributed by atoms with Gasteiger partial charge in [0.1, 0.15) is 6.26 Å². The van der Waals surface area contributed by atoms with Crippen LogP contribution in [0.1, 0.15) is 66.6 Å². The van der Waals surface area contributed by atoms with E-state index in [1.165, 1.54) is 12.7 Å². The molecule has 0 bridgehead atoms. The Morgan fingerprint density at radius 2 is 2.11 bits per heavy atom. The molecule has 3 heterocycles. The fourth-order valence-electron chi connectivity index (χ4n) is 3.81. The summed E-state index contributed by atoms with van der Waals surface area (Å²) in [6.07, 6.45) is 6.09. The van der Waals surface area contributed by atoms with Crippen molar-refractivity contribution < 1.29 is 18.5 Å². The van der Waals surface area contributed by atoms with Crippen LogP contribution in [0.15, 0.2) is 15.2 Å². The molecule has 2 amide bonds. The van der Waals surface area contributed by atoms with E-state index in [9.17, 15) is 9.59 Å². The van der Waals surface area contributed by atoms with Gasteiger partial charge in [-0.05, 0) is 19.3 Å². The number of hydrogen-bond acceptors (Lipinski definition) is 7. The van der Waals surface area contributed by atoms with Gasteiger partial charge in [0.2, 0.25) is 11.8 Å². The third-order valence-electron chi connectivity index (χ3n) is 5.65. The van der Waals surface area contributed by atoms with Gasteiger partial charge < -0.3 is 18.7 Å². The summed E-state index contributed by atoms with van der Waals surface area (Å²) in [6, 6.07) is -0.0209. The highest BCUT2D eigenvalue weighted by atomic mass is 16.5. The molecule has 1 atom stereocenters. The average Bonchev–Trinajstić information content (AvgIpc) is 3.34. The normalized spacial score (nSPS) is 19.6. The van der Waals surface area contributed by atoms with E-state index in [2.05, 4.69) is 15.1 Å². The van der Waals surface area contributed by atoms with Crippen molar-refractivity contribution in [1.29, 1.82) is 0 Å². The second-order valence-corrected chi connectivity index (χ2v) is 7.58. The van der Waals surface area contributed by atoms with E-state index < -0.39 is 0 Å². The lowest BCUT2D eigenvalue weighted by Crippen LogP contribution is -2.42. The van der Waals surface area contributed by atoms with Crippen molar-refractivity contribution >= 4 is 11.8 Å². The first-order chi connectivity index (χ1) is 13.5. The van der Waals surface area contributed by atoms with Crippen LogP contribution in [0.3, 0.4) is 0 Å². The zero-order valence-electron chi connectivity index (χ0n) is 16.3. The Labute approximate surface area is 163 Å². The van der Waals surface area contributed by atoms with Gasteiger partial charge in [-0.3, -0.25) is 9.59 Å². The van der Waals surface area contributed by atoms with Crippen molar-refractivity contribution in [2.45, 2.75) is 57.9 Å². The number of nitrogens with zero attached hydrogens (tertiary/aromatic N) is 5. The summed E-state index contributed by atoms with van der Waals surface area (Å²) < 4.78 is 10.5. The largest absolute Gasteiger partial charge is 0.448 e. The highest BCUT2D eigenvalue weighted by Crippen LogP contribution is 2.35. The van der Waals surface area contributed by atoms with Crippen LogP contribution in [-0.2, 0) is 11.2 Å². The molecule has 2 aliphatic rings. The molecule has 0 N–H and O–H groups in total. The van der Waals surface area contributed by atoms with E-state index in [0.29, 0.717) is 49.4 Å². The van der Waals surface area contributed by atoms with Crippen molar-refractivity contribution in [3.63, 3.8) is 0 Å². The van der Waals surface area contributed by atoms with Crippen LogP contribution in [-0.4, -0.2) is 62.4 Å². The van der Waals surface area contributed by atoms with E-state index >= 15 is 0 Å². The molecule has 9 nitrogen and oxygen atoms in total. The van der Waals surface area contributed by atoms with Gasteiger partial charge in [-0.2, -0.15) is 4.98 Å². The van der Waals surface area contributed by atoms with Crippen LogP contribution in [0.25, 0.3) is 0 Å². The molecule has 4 rings (SSSR count). The number of carbonyl (C=O) groups is 2. The van der Waals surface area contributed by atoms with E-state index in [0.717, 1.165) is 25.2 Å². The molecular formula is C19H25N5O4. The molecule has 0 spiro atoms. The zero-order chi connectivity index (χ0) is 19.7. The number of aryl methyl sites for hydroxylation is 1. The smallest absolute Gasteiger partial charge is 0.275 e. The minimum atomic E-state index is -0.161. The van der Waals surface area contributed by atoms with Crippen molar-refractivity contribution in [1.82, 2.24) is 24.9 Å². The second-order valence-electron chi connectivity index (χ2n) is 7.58. The third-order valence-corrected chi connectivity index (χ3v) is 5.65. The van der Waals surface area contributed by atoms with Crippen LogP contribution in [0.4, 0.5) is 0 Å². The second kappa shape index (κ2) is 7.73. The lowest BCUT2D eigenvalue weighted by Gasteiger charge is -2.27. The van der Waals surface area contributed by atoms with Crippen LogP contribution in [0.5, 0.6) is 0 Å². The van der Waals surface area contributed by atoms with Crippen LogP contribution >= 0.6 is 0 Å². The van der Waals surface area contributed by atoms with Gasteiger partial charge in [0.25, 0.3) is 5.91 Å². The maximum Gasteiger partial charge on any atom is 0.275 e. The summed E-state index contributed by atoms with van der Waals surface area (Å²) in [5, 5.41) is 4.05. The van der Waals surface area contributed by atoms with E-state index in [1.807, 2.05) is 0 Å². The number of rotatable bonds is 6. The molecule has 1 saturated carbocycles. The Morgan fingerprint density at radius 1 is 1.29 bits per heavy atom. The Kier molecular flexibility index (Phi) is 5.15. The van der Waals surface area contributed by atoms with Gasteiger partial charge in [0, 0.05) is 45.8 Å². The SMILES string of the molecule is CC(=O)N(CCc1noc(C2CCC2)n1)C1CCN(C(=O)c2coc(C)n2)C1. The van der Waals surface area contributed by atoms with Gasteiger partial charge in [-0.15, -0.1) is 0 Å². The number of aromatic nitrogens is 3. The zero-order valence-corrected chi connectivity index (χ0v) is 16.3. The summed E-state index contributed by atoms with van der Waals surface area (Å²) in [7, 11) is 0. The van der Waals surface area contributed by atoms with E-state index in [4.69, 9.17) is 8.94 Å². The highest BCUT2D eigenvalue weighted by molar-refractivity contribution is 5.92. The van der Waals surface area contributed by atoms with Crippen molar-refractivity contribution in [2.75, 3.05) is 19.6 Å². The first-order valence-corrected chi connectivity index (χ1v) is 9.82. The molecule has 0 radical (unpaired) electrons. The minimum Gasteiger partial charge on any atom is -0.448 e. The van der Waals surface area contributed by atoms with Crippen molar-refractivity contribution in [3.05, 3.63) is 29.6 Å². The molecule has 1 unspecified atom stereocenters. The summed E-state index contributed by atoms with van der Waals surface area (Å²) in [4.78, 5) is 36.9. The van der Waals surface area contributed by atoms with Crippen molar-refractivity contribution in [2.24, 2.45) is 0 Å². The van der Waals surface area contributed by atoms with E-state index in [-0.39, 0.29) is 17.9 Å². The molecule has 2 aromatic heterocycles. The Morgan fingerprint density at radius 3 is 2.75 bits per heavy atom. The summed E-state index contributed by atoms with van der Waals surface area (Å²) >= 11 is 0. The van der Waals surface area contributed by atoms with Gasteiger partial charge in [-0.1, -0.05) is 11.6 Å². The van der Waals surface area contributed by atoms with Gasteiger partial charge in [-0.25, -0.2) is 4.98 Å². The molecule has 2 aromatic rings. The summed E-state index contributed by atoms with van der Waals surface area (Å²) in [5.41, 5.74) is 0.308. The predicted molar refractivity (Wildman–Crippen MR) is 97.5 cm³/mol. The van der Waals surface area contributed by atoms with Crippen LogP contribution in [0.2, 0.25) is 0 Å². The third kappa shape index (κ3) is 3.79. The molecule has 28 heavy (non-hydrogen) atoms. The number of hydrogen-bond donors (Lipinski definition) is 0. The Hall–Kier alpha value is -2.71. The topological polar surface area (TPSA) is 106 Å². The fourth-order valence-corrected chi connectivity index (χ4v) is 3.81. The van der Waals surface area contributed by atoms with Gasteiger partial charge in [0.05, 0.1) is 6.04 Å². The monoisotopic (exact) mass is 387 g/mol. The lowest BCUT2D eigenvalue weighted by molar-refractivity contribution is -0.130.